The van der Waals surface area contributed by atoms with Crippen LogP contribution in [0.25, 0.3) is 0 Å². The molecule has 0 bridgehead atoms. The zero-order valence-electron chi connectivity index (χ0n) is 12.4. The number of hydrogen-bond acceptors (Lipinski definition) is 5. The molecule has 1 atom stereocenters. The molecule has 2 amide bonds. The summed E-state index contributed by atoms with van der Waals surface area (Å²) in [7, 11) is 0. The molecule has 0 radical (unpaired) electrons. The first-order valence-corrected chi connectivity index (χ1v) is 8.75. The second-order valence-corrected chi connectivity index (χ2v) is 6.91. The first-order valence-electron chi connectivity index (χ1n) is 7.60. The fraction of sp³-hybridized carbons (Fsp3) is 0.500. The highest BCUT2D eigenvalue weighted by Crippen LogP contribution is 2.22. The number of hydrogen-bond donors (Lipinski definition) is 1. The van der Waals surface area contributed by atoms with Crippen LogP contribution in [0.5, 0.6) is 0 Å². The molecule has 1 fully saturated rings. The van der Waals surface area contributed by atoms with Crippen molar-refractivity contribution in [3.63, 3.8) is 0 Å². The first-order chi connectivity index (χ1) is 10.7. The van der Waals surface area contributed by atoms with E-state index >= 15 is 0 Å². The van der Waals surface area contributed by atoms with Crippen molar-refractivity contribution >= 4 is 23.6 Å². The largest absolute Gasteiger partial charge is 0.390 e. The van der Waals surface area contributed by atoms with E-state index in [1.165, 1.54) is 4.90 Å². The molecule has 1 aromatic rings. The lowest BCUT2D eigenvalue weighted by atomic mass is 10.1. The summed E-state index contributed by atoms with van der Waals surface area (Å²) in [6.07, 6.45) is 0.412. The molecular weight excluding hydrogens is 300 g/mol. The van der Waals surface area contributed by atoms with Crippen LogP contribution in [0.15, 0.2) is 24.3 Å². The van der Waals surface area contributed by atoms with Crippen molar-refractivity contribution in [3.8, 4) is 0 Å². The monoisotopic (exact) mass is 320 g/mol. The van der Waals surface area contributed by atoms with E-state index < -0.39 is 6.10 Å². The molecule has 1 N–H and O–H groups in total. The number of nitrogens with zero attached hydrogens (tertiary/aromatic N) is 2. The van der Waals surface area contributed by atoms with Gasteiger partial charge in [0.2, 0.25) is 0 Å². The maximum Gasteiger partial charge on any atom is 0.261 e. The van der Waals surface area contributed by atoms with Gasteiger partial charge in [-0.25, -0.2) is 0 Å². The molecule has 1 saturated heterocycles. The Hall–Kier alpha value is -1.37. The van der Waals surface area contributed by atoms with Gasteiger partial charge in [-0.15, -0.1) is 0 Å². The molecule has 3 rings (SSSR count). The molecule has 1 unspecified atom stereocenters. The summed E-state index contributed by atoms with van der Waals surface area (Å²) >= 11 is 1.93. The highest BCUT2D eigenvalue weighted by atomic mass is 32.2. The lowest BCUT2D eigenvalue weighted by Gasteiger charge is -2.25. The van der Waals surface area contributed by atoms with Crippen LogP contribution >= 0.6 is 11.8 Å². The Balaban J connectivity index is 1.61. The lowest BCUT2D eigenvalue weighted by molar-refractivity contribution is 0.0480. The second kappa shape index (κ2) is 6.81. The maximum absolute atomic E-state index is 12.3. The zero-order chi connectivity index (χ0) is 15.5. The highest BCUT2D eigenvalue weighted by molar-refractivity contribution is 7.99. The average Bonchev–Trinajstić information content (AvgIpc) is 2.72. The summed E-state index contributed by atoms with van der Waals surface area (Å²) < 4.78 is 0. The number of aliphatic hydroxyl groups is 1. The summed E-state index contributed by atoms with van der Waals surface area (Å²) in [5.41, 5.74) is 0.872. The predicted octanol–water partition coefficient (Wildman–Crippen LogP) is 1.08. The molecule has 2 heterocycles. The van der Waals surface area contributed by atoms with Gasteiger partial charge in [-0.05, 0) is 30.9 Å². The van der Waals surface area contributed by atoms with Gasteiger partial charge in [0.15, 0.2) is 0 Å². The van der Waals surface area contributed by atoms with E-state index in [-0.39, 0.29) is 18.4 Å². The zero-order valence-corrected chi connectivity index (χ0v) is 13.2. The summed E-state index contributed by atoms with van der Waals surface area (Å²) in [5, 5.41) is 10.3. The van der Waals surface area contributed by atoms with Gasteiger partial charge in [0.05, 0.1) is 23.8 Å². The number of rotatable bonds is 4. The van der Waals surface area contributed by atoms with Gasteiger partial charge >= 0.3 is 0 Å². The van der Waals surface area contributed by atoms with Crippen molar-refractivity contribution in [3.05, 3.63) is 35.4 Å². The topological polar surface area (TPSA) is 60.9 Å². The van der Waals surface area contributed by atoms with Gasteiger partial charge < -0.3 is 5.11 Å². The van der Waals surface area contributed by atoms with E-state index in [9.17, 15) is 14.7 Å². The number of carbonyl (C=O) groups is 2. The highest BCUT2D eigenvalue weighted by Gasteiger charge is 2.36. The van der Waals surface area contributed by atoms with Crippen LogP contribution < -0.4 is 0 Å². The number of thioether (sulfide) groups is 1. The number of benzene rings is 1. The number of amides is 2. The minimum Gasteiger partial charge on any atom is -0.390 e. The molecule has 2 aliphatic rings. The van der Waals surface area contributed by atoms with E-state index in [1.807, 2.05) is 11.8 Å². The molecular formula is C16H20N2O3S. The van der Waals surface area contributed by atoms with Crippen LogP contribution in [0, 0.1) is 0 Å². The van der Waals surface area contributed by atoms with Crippen LogP contribution in [-0.4, -0.2) is 70.5 Å². The van der Waals surface area contributed by atoms with E-state index in [0.29, 0.717) is 17.7 Å². The van der Waals surface area contributed by atoms with Crippen LogP contribution in [0.2, 0.25) is 0 Å². The molecule has 0 aromatic heterocycles. The second-order valence-electron chi connectivity index (χ2n) is 5.69. The summed E-state index contributed by atoms with van der Waals surface area (Å²) in [4.78, 5) is 27.9. The Morgan fingerprint density at radius 1 is 1.05 bits per heavy atom. The number of carbonyl (C=O) groups excluding carboxylic acids is 2. The third-order valence-corrected chi connectivity index (χ3v) is 5.10. The van der Waals surface area contributed by atoms with Gasteiger partial charge in [-0.1, -0.05) is 12.1 Å². The molecule has 0 spiro atoms. The first kappa shape index (κ1) is 15.5. The van der Waals surface area contributed by atoms with E-state index in [2.05, 4.69) is 4.90 Å². The Morgan fingerprint density at radius 3 is 2.41 bits per heavy atom. The molecule has 1 aromatic carbocycles. The van der Waals surface area contributed by atoms with Gasteiger partial charge in [-0.2, -0.15) is 11.8 Å². The number of imide groups is 1. The smallest absolute Gasteiger partial charge is 0.261 e. The van der Waals surface area contributed by atoms with E-state index in [1.54, 1.807) is 24.3 Å². The van der Waals surface area contributed by atoms with Crippen molar-refractivity contribution in [1.82, 2.24) is 9.80 Å². The van der Waals surface area contributed by atoms with Crippen LogP contribution in [0.3, 0.4) is 0 Å². The minimum absolute atomic E-state index is 0.0655. The Labute approximate surface area is 134 Å². The third kappa shape index (κ3) is 3.19. The van der Waals surface area contributed by atoms with Crippen molar-refractivity contribution in [1.29, 1.82) is 0 Å². The quantitative estimate of drug-likeness (QED) is 0.841. The summed E-state index contributed by atoms with van der Waals surface area (Å²) in [6.45, 7) is 2.49. The molecule has 6 heteroatoms. The fourth-order valence-electron chi connectivity index (χ4n) is 2.95. The molecule has 5 nitrogen and oxygen atoms in total. The standard InChI is InChI=1S/C16H20N2O3S/c19-12(10-17-6-3-8-22-9-7-17)11-18-15(20)13-4-1-2-5-14(13)16(18)21/h1-2,4-5,12,19H,3,6-11H2. The third-order valence-electron chi connectivity index (χ3n) is 4.06. The van der Waals surface area contributed by atoms with Crippen LogP contribution in [0.4, 0.5) is 0 Å². The molecule has 0 saturated carbocycles. The van der Waals surface area contributed by atoms with Crippen LogP contribution in [-0.2, 0) is 0 Å². The SMILES string of the molecule is O=C1c2ccccc2C(=O)N1CC(O)CN1CCCSCC1. The van der Waals surface area contributed by atoms with Crippen molar-refractivity contribution < 1.29 is 14.7 Å². The molecule has 22 heavy (non-hydrogen) atoms. The van der Waals surface area contributed by atoms with Crippen molar-refractivity contribution in [2.45, 2.75) is 12.5 Å². The van der Waals surface area contributed by atoms with Gasteiger partial charge in [0.1, 0.15) is 0 Å². The Kier molecular flexibility index (Phi) is 4.81. The predicted molar refractivity (Wildman–Crippen MR) is 86.2 cm³/mol. The number of aliphatic hydroxyl groups excluding tert-OH is 1. The number of fused-ring (bicyclic) bond motifs is 1. The van der Waals surface area contributed by atoms with Gasteiger partial charge in [0.25, 0.3) is 11.8 Å². The van der Waals surface area contributed by atoms with Crippen molar-refractivity contribution in [2.75, 3.05) is 37.7 Å². The average molecular weight is 320 g/mol. The normalized spacial score (nSPS) is 20.9. The fourth-order valence-corrected chi connectivity index (χ4v) is 3.88. The number of β-amino-alcohol motifs (C(OH)–C–C–N with tert-alkyl or cyclic N) is 1. The van der Waals surface area contributed by atoms with Gasteiger partial charge in [-0.3, -0.25) is 19.4 Å². The van der Waals surface area contributed by atoms with E-state index in [0.717, 1.165) is 31.0 Å². The van der Waals surface area contributed by atoms with E-state index in [4.69, 9.17) is 0 Å². The minimum atomic E-state index is -0.703. The molecule has 118 valence electrons. The molecule has 0 aliphatic carbocycles. The molecule has 2 aliphatic heterocycles. The summed E-state index contributed by atoms with van der Waals surface area (Å²) in [5.74, 6) is 1.63. The van der Waals surface area contributed by atoms with Crippen molar-refractivity contribution in [2.24, 2.45) is 0 Å². The lowest BCUT2D eigenvalue weighted by Crippen LogP contribution is -2.43. The Bertz CT molecular complexity index is 535. The maximum atomic E-state index is 12.3. The van der Waals surface area contributed by atoms with Gasteiger partial charge in [0, 0.05) is 18.8 Å². The van der Waals surface area contributed by atoms with Crippen LogP contribution in [0.1, 0.15) is 27.1 Å². The Morgan fingerprint density at radius 2 is 1.73 bits per heavy atom. The summed E-state index contributed by atoms with van der Waals surface area (Å²) in [6, 6.07) is 6.82.